The summed E-state index contributed by atoms with van der Waals surface area (Å²) in [5.41, 5.74) is 21.2. The van der Waals surface area contributed by atoms with Crippen LogP contribution in [0.5, 0.6) is 0 Å². The molecule has 468 valence electrons. The van der Waals surface area contributed by atoms with Crippen molar-refractivity contribution < 1.29 is 4.74 Å². The summed E-state index contributed by atoms with van der Waals surface area (Å²) < 4.78 is 6.26. The first-order chi connectivity index (χ1) is 44.4. The van der Waals surface area contributed by atoms with Gasteiger partial charge in [-0.05, 0) is 98.1 Å². The number of aromatic nitrogens is 14. The summed E-state index contributed by atoms with van der Waals surface area (Å²) in [5, 5.41) is 15.3. The number of hydrogen-bond donors (Lipinski definition) is 5. The van der Waals surface area contributed by atoms with Gasteiger partial charge in [-0.25, -0.2) is 44.9 Å². The maximum absolute atomic E-state index is 10.1. The summed E-state index contributed by atoms with van der Waals surface area (Å²) in [6.07, 6.45) is 16.8. The number of ether oxygens (including phenoxy) is 1. The van der Waals surface area contributed by atoms with Crippen molar-refractivity contribution in [3.8, 4) is 6.07 Å². The van der Waals surface area contributed by atoms with Gasteiger partial charge in [-0.3, -0.25) is 14.9 Å². The van der Waals surface area contributed by atoms with E-state index in [4.69, 9.17) is 85.9 Å². The van der Waals surface area contributed by atoms with E-state index in [1.807, 2.05) is 24.4 Å². The maximum atomic E-state index is 10.1. The Morgan fingerprint density at radius 2 is 1.41 bits per heavy atom. The smallest absolute Gasteiger partial charge is 0.196 e. The Labute approximate surface area is 548 Å². The first kappa shape index (κ1) is 60.0. The molecule has 5 unspecified atom stereocenters. The number of nitriles is 1. The zero-order chi connectivity index (χ0) is 62.0. The molecular formula is C63H67Cl3N22OS2. The minimum atomic E-state index is -0.221. The van der Waals surface area contributed by atoms with Crippen molar-refractivity contribution in [1.82, 2.24) is 74.7 Å². The Morgan fingerprint density at radius 1 is 0.703 bits per heavy atom. The average Bonchev–Trinajstić information content (AvgIpc) is 3.74. The lowest BCUT2D eigenvalue weighted by Gasteiger charge is -2.40. The molecule has 15 heterocycles. The number of aromatic amines is 3. The number of piperidine rings is 1. The van der Waals surface area contributed by atoms with E-state index < -0.39 is 0 Å². The van der Waals surface area contributed by atoms with Crippen molar-refractivity contribution >= 4 is 126 Å². The molecule has 91 heavy (non-hydrogen) atoms. The van der Waals surface area contributed by atoms with Gasteiger partial charge in [-0.2, -0.15) is 5.26 Å². The maximum Gasteiger partial charge on any atom is 0.196 e. The molecule has 5 saturated heterocycles. The number of halogens is 3. The summed E-state index contributed by atoms with van der Waals surface area (Å²) in [6, 6.07) is 10.3. The van der Waals surface area contributed by atoms with Crippen LogP contribution in [0.15, 0.2) is 81.6 Å². The Morgan fingerprint density at radius 3 is 2.16 bits per heavy atom. The third-order valence-corrected chi connectivity index (χ3v) is 21.5. The number of fused-ring (bicyclic) bond motifs is 4. The first-order valence-corrected chi connectivity index (χ1v) is 34.0. The van der Waals surface area contributed by atoms with Crippen LogP contribution in [0.2, 0.25) is 15.1 Å². The summed E-state index contributed by atoms with van der Waals surface area (Å²) >= 11 is 25.2. The second kappa shape index (κ2) is 25.3. The number of rotatable bonds is 17. The van der Waals surface area contributed by atoms with E-state index in [-0.39, 0.29) is 36.0 Å². The molecule has 7 N–H and O–H groups in total. The van der Waals surface area contributed by atoms with Gasteiger partial charge in [0.05, 0.1) is 50.0 Å². The highest BCUT2D eigenvalue weighted by atomic mass is 35.5. The van der Waals surface area contributed by atoms with E-state index in [1.54, 1.807) is 31.0 Å². The van der Waals surface area contributed by atoms with Crippen molar-refractivity contribution in [3.63, 3.8) is 0 Å². The zero-order valence-corrected chi connectivity index (χ0v) is 54.2. The van der Waals surface area contributed by atoms with Crippen molar-refractivity contribution in [2.75, 3.05) is 91.7 Å². The van der Waals surface area contributed by atoms with Gasteiger partial charge < -0.3 is 50.8 Å². The molecule has 0 amide bonds. The lowest BCUT2D eigenvalue weighted by molar-refractivity contribution is -0.0275. The summed E-state index contributed by atoms with van der Waals surface area (Å²) in [6.45, 7) is 12.2. The van der Waals surface area contributed by atoms with Gasteiger partial charge in [0, 0.05) is 159 Å². The number of anilines is 4. The molecule has 0 radical (unpaired) electrons. The van der Waals surface area contributed by atoms with Crippen LogP contribution in [0.4, 0.5) is 23.3 Å². The molecule has 6 atom stereocenters. The van der Waals surface area contributed by atoms with Gasteiger partial charge in [0.1, 0.15) is 57.6 Å². The third-order valence-electron chi connectivity index (χ3n) is 18.6. The molecular weight excluding hydrogens is 1250 g/mol. The molecule has 0 aromatic carbocycles. The van der Waals surface area contributed by atoms with E-state index in [2.05, 4.69) is 85.4 Å². The van der Waals surface area contributed by atoms with Crippen molar-refractivity contribution in [2.45, 2.75) is 115 Å². The van der Waals surface area contributed by atoms with Crippen LogP contribution in [0.25, 0.3) is 44.3 Å². The minimum absolute atomic E-state index is 0.00665. The molecule has 10 aromatic rings. The van der Waals surface area contributed by atoms with Gasteiger partial charge in [0.15, 0.2) is 16.0 Å². The molecule has 15 rings (SSSR count). The van der Waals surface area contributed by atoms with Crippen molar-refractivity contribution in [2.24, 2.45) is 17.4 Å². The largest absolute Gasteiger partial charge is 0.378 e. The first-order valence-electron chi connectivity index (χ1n) is 31.2. The number of aryl methyl sites for hydroxylation is 2. The molecule has 0 spiro atoms. The van der Waals surface area contributed by atoms with Crippen LogP contribution in [0, 0.1) is 17.2 Å². The van der Waals surface area contributed by atoms with Crippen LogP contribution in [-0.4, -0.2) is 171 Å². The zero-order valence-electron chi connectivity index (χ0n) is 50.3. The second-order valence-electron chi connectivity index (χ2n) is 24.5. The predicted molar refractivity (Wildman–Crippen MR) is 356 cm³/mol. The Kier molecular flexibility index (Phi) is 16.7. The molecule has 23 nitrogen and oxygen atoms in total. The normalized spacial score (nSPS) is 21.1. The molecule has 5 aliphatic heterocycles. The fraction of sp³-hybridized carbons (Fsp3) is 0.429. The Balaban J connectivity index is 0.717. The number of nitrogens with one attached hydrogen (secondary N) is 3. The Bertz CT molecular complexity index is 4430. The van der Waals surface area contributed by atoms with E-state index in [0.717, 1.165) is 149 Å². The van der Waals surface area contributed by atoms with E-state index in [1.165, 1.54) is 23.5 Å². The van der Waals surface area contributed by atoms with Crippen molar-refractivity contribution in [1.29, 1.82) is 5.26 Å². The fourth-order valence-electron chi connectivity index (χ4n) is 13.8. The van der Waals surface area contributed by atoms with Gasteiger partial charge in [0.2, 0.25) is 0 Å². The molecule has 0 saturated carbocycles. The molecule has 28 heteroatoms. The lowest BCUT2D eigenvalue weighted by Crippen LogP contribution is -2.51. The average molecular weight is 1320 g/mol. The van der Waals surface area contributed by atoms with Crippen LogP contribution in [0.1, 0.15) is 85.9 Å². The molecule has 5 aliphatic rings. The van der Waals surface area contributed by atoms with Crippen LogP contribution >= 0.6 is 58.3 Å². The lowest BCUT2D eigenvalue weighted by atomic mass is 9.83. The van der Waals surface area contributed by atoms with E-state index >= 15 is 0 Å². The minimum Gasteiger partial charge on any atom is -0.378 e. The molecule has 0 bridgehead atoms. The highest BCUT2D eigenvalue weighted by molar-refractivity contribution is 7.99. The number of hydrogen-bond acceptors (Lipinski definition) is 22. The van der Waals surface area contributed by atoms with Crippen molar-refractivity contribution in [3.05, 3.63) is 111 Å². The van der Waals surface area contributed by atoms with Gasteiger partial charge in [-0.15, -0.1) is 0 Å². The fourth-order valence-corrected chi connectivity index (χ4v) is 16.4. The summed E-state index contributed by atoms with van der Waals surface area (Å²) in [4.78, 5) is 77.7. The molecule has 10 aromatic heterocycles. The Hall–Kier alpha value is -7.25. The topological polar surface area (TPSA) is 290 Å². The number of pyridine rings is 3. The monoisotopic (exact) mass is 1320 g/mol. The number of nitrogens with zero attached hydrogens (tertiary/aromatic N) is 17. The predicted octanol–water partition coefficient (Wildman–Crippen LogP) is 9.53. The van der Waals surface area contributed by atoms with Crippen LogP contribution in [-0.2, 0) is 24.0 Å². The van der Waals surface area contributed by atoms with E-state index in [0.29, 0.717) is 111 Å². The third kappa shape index (κ3) is 11.8. The SMILES string of the molecule is CCc1[nH]c2nc(Cc3cccnc3)nc(N3CCC(N4CCOCC4CCc4[nH]c5nc(Sc6cnc7nccnc7c6)nc(N6CC(C(C)c7[nH]c8nc(Sc9cnc(N%10CCC%10)c(C#N)c9)nc(N9CCC(N)C9)c8c7Cl)C[C@H](N)C6)c5c4Cl)C3)c2c1Cl. The highest BCUT2D eigenvalue weighted by Gasteiger charge is 2.39. The number of H-pyrrole nitrogens is 3. The van der Waals surface area contributed by atoms with E-state index in [9.17, 15) is 5.26 Å². The molecule has 0 aliphatic carbocycles. The van der Waals surface area contributed by atoms with Gasteiger partial charge in [-0.1, -0.05) is 54.7 Å². The van der Waals surface area contributed by atoms with Crippen LogP contribution < -0.4 is 31.1 Å². The van der Waals surface area contributed by atoms with Crippen LogP contribution in [0.3, 0.4) is 0 Å². The van der Waals surface area contributed by atoms with Gasteiger partial charge >= 0.3 is 0 Å². The highest BCUT2D eigenvalue weighted by Crippen LogP contribution is 2.45. The number of nitrogens with two attached hydrogens (primary N) is 2. The summed E-state index contributed by atoms with van der Waals surface area (Å²) in [5.74, 6) is 3.61. The summed E-state index contributed by atoms with van der Waals surface area (Å²) in [7, 11) is 0. The second-order valence-corrected chi connectivity index (χ2v) is 27.7. The standard InChI is InChI=1S/C63H67Cl3N22OS2/c1-3-43-50(64)47-55(75-43)77-46(20-34-6-4-11-70-25-34)78-59(47)86-17-10-39(31-86)88-18-19-89-32-40(88)7-8-44-51(65)48-56(76-44)80-62(91-42-23-45-54(73-26-42)72-13-12-71-45)83-61(48)87-28-36(21-38(69)30-87)33(2)53-52(66)49-57(79-53)81-63(82-60(49)85-16-9-37(68)29-85)90-41-22-35(24-67)58(74-27-41)84-14-5-15-84/h4,6,11-13,22-23,25-27,33,36-40H,3,5,7-10,14-21,28-32,68-69H2,1-2H3,(H,75,77,78)(H,76,80,83)(H,79,81,82)/t33?,36?,37?,38-,39?,40?/m0/s1. The quantitative estimate of drug-likeness (QED) is 0.0530. The number of morpholine rings is 1. The van der Waals surface area contributed by atoms with Gasteiger partial charge in [0.25, 0.3) is 0 Å². The molecule has 5 fully saturated rings.